The van der Waals surface area contributed by atoms with Crippen molar-refractivity contribution in [3.63, 3.8) is 0 Å². The largest absolute Gasteiger partial charge is 0.497 e. The molecule has 8 heteroatoms. The van der Waals surface area contributed by atoms with Crippen molar-refractivity contribution in [2.45, 2.75) is 0 Å². The Labute approximate surface area is 199 Å². The van der Waals surface area contributed by atoms with Gasteiger partial charge in [0.1, 0.15) is 17.4 Å². The van der Waals surface area contributed by atoms with E-state index in [0.29, 0.717) is 27.0 Å². The summed E-state index contributed by atoms with van der Waals surface area (Å²) in [7, 11) is 2.96. The maximum Gasteiger partial charge on any atom is 0.343 e. The normalized spacial score (nSPS) is 10.7. The first kappa shape index (κ1) is 23.6. The van der Waals surface area contributed by atoms with Gasteiger partial charge in [0.2, 0.25) is 0 Å². The van der Waals surface area contributed by atoms with E-state index in [0.717, 1.165) is 0 Å². The SMILES string of the molecule is COc1ccc(C(=O)Oc2c(Br)cc(/C=C(\C#N)C(=O)Nc3ccccc3)cc2OC)cc1. The zero-order valence-electron chi connectivity index (χ0n) is 17.8. The smallest absolute Gasteiger partial charge is 0.343 e. The van der Waals surface area contributed by atoms with Crippen molar-refractivity contribution in [1.82, 2.24) is 0 Å². The summed E-state index contributed by atoms with van der Waals surface area (Å²) in [5.74, 6) is -0.0966. The third-order valence-electron chi connectivity index (χ3n) is 4.48. The molecule has 0 aliphatic heterocycles. The summed E-state index contributed by atoms with van der Waals surface area (Å²) >= 11 is 3.38. The number of nitrogens with zero attached hydrogens (tertiary/aromatic N) is 1. The van der Waals surface area contributed by atoms with Crippen LogP contribution in [0, 0.1) is 11.3 Å². The van der Waals surface area contributed by atoms with Crippen molar-refractivity contribution < 1.29 is 23.8 Å². The summed E-state index contributed by atoms with van der Waals surface area (Å²) in [6.45, 7) is 0. The first-order chi connectivity index (χ1) is 15.9. The predicted octanol–water partition coefficient (Wildman–Crippen LogP) is 5.23. The number of rotatable bonds is 7. The van der Waals surface area contributed by atoms with E-state index in [9.17, 15) is 14.9 Å². The predicted molar refractivity (Wildman–Crippen MR) is 127 cm³/mol. The fourth-order valence-electron chi connectivity index (χ4n) is 2.84. The van der Waals surface area contributed by atoms with Gasteiger partial charge in [0, 0.05) is 5.69 Å². The van der Waals surface area contributed by atoms with E-state index in [2.05, 4.69) is 21.2 Å². The Morgan fingerprint density at radius 2 is 1.70 bits per heavy atom. The molecule has 7 nitrogen and oxygen atoms in total. The summed E-state index contributed by atoms with van der Waals surface area (Å²) in [5.41, 5.74) is 1.31. The number of carbonyl (C=O) groups is 2. The molecular weight excluding hydrogens is 488 g/mol. The quantitative estimate of drug-likeness (QED) is 0.204. The van der Waals surface area contributed by atoms with Crippen molar-refractivity contribution in [3.05, 3.63) is 87.9 Å². The molecule has 0 unspecified atom stereocenters. The number of hydrogen-bond acceptors (Lipinski definition) is 6. The van der Waals surface area contributed by atoms with E-state index in [4.69, 9.17) is 14.2 Å². The van der Waals surface area contributed by atoms with Crippen LogP contribution < -0.4 is 19.5 Å². The second-order valence-electron chi connectivity index (χ2n) is 6.64. The van der Waals surface area contributed by atoms with Gasteiger partial charge < -0.3 is 19.5 Å². The van der Waals surface area contributed by atoms with Crippen LogP contribution in [-0.2, 0) is 4.79 Å². The summed E-state index contributed by atoms with van der Waals surface area (Å²) in [4.78, 5) is 25.0. The first-order valence-corrected chi connectivity index (χ1v) is 10.5. The second kappa shape index (κ2) is 11.0. The Kier molecular flexibility index (Phi) is 7.84. The molecule has 3 aromatic carbocycles. The van der Waals surface area contributed by atoms with E-state index in [1.807, 2.05) is 12.1 Å². The fourth-order valence-corrected chi connectivity index (χ4v) is 3.38. The Bertz CT molecular complexity index is 1230. The maximum atomic E-state index is 12.6. The van der Waals surface area contributed by atoms with E-state index < -0.39 is 11.9 Å². The highest BCUT2D eigenvalue weighted by molar-refractivity contribution is 9.10. The third-order valence-corrected chi connectivity index (χ3v) is 5.07. The Balaban J connectivity index is 1.84. The van der Waals surface area contributed by atoms with Crippen LogP contribution in [0.1, 0.15) is 15.9 Å². The summed E-state index contributed by atoms with van der Waals surface area (Å²) in [6, 6.07) is 20.4. The number of anilines is 1. The number of nitrogens with one attached hydrogen (secondary N) is 1. The molecule has 0 fully saturated rings. The second-order valence-corrected chi connectivity index (χ2v) is 7.50. The lowest BCUT2D eigenvalue weighted by Gasteiger charge is -2.13. The zero-order chi connectivity index (χ0) is 23.8. The van der Waals surface area contributed by atoms with Crippen LogP contribution in [0.3, 0.4) is 0 Å². The molecule has 0 radical (unpaired) electrons. The molecular formula is C25H19BrN2O5. The van der Waals surface area contributed by atoms with Crippen molar-refractivity contribution >= 4 is 39.6 Å². The molecule has 0 saturated heterocycles. The Morgan fingerprint density at radius 3 is 2.30 bits per heavy atom. The fraction of sp³-hybridized carbons (Fsp3) is 0.0800. The molecule has 0 heterocycles. The minimum atomic E-state index is -0.583. The Morgan fingerprint density at radius 1 is 1.00 bits per heavy atom. The number of ether oxygens (including phenoxy) is 3. The number of hydrogen-bond donors (Lipinski definition) is 1. The summed E-state index contributed by atoms with van der Waals surface area (Å²) < 4.78 is 16.4. The molecule has 0 bridgehead atoms. The zero-order valence-corrected chi connectivity index (χ0v) is 19.4. The van der Waals surface area contributed by atoms with E-state index in [-0.39, 0.29) is 17.1 Å². The average molecular weight is 507 g/mol. The van der Waals surface area contributed by atoms with E-state index in [1.54, 1.807) is 60.7 Å². The lowest BCUT2D eigenvalue weighted by Crippen LogP contribution is -2.13. The highest BCUT2D eigenvalue weighted by Crippen LogP contribution is 2.38. The van der Waals surface area contributed by atoms with Crippen LogP contribution in [0.4, 0.5) is 5.69 Å². The van der Waals surface area contributed by atoms with Crippen molar-refractivity contribution in [2.75, 3.05) is 19.5 Å². The van der Waals surface area contributed by atoms with Crippen LogP contribution in [0.25, 0.3) is 6.08 Å². The summed E-state index contributed by atoms with van der Waals surface area (Å²) in [6.07, 6.45) is 1.42. The number of para-hydroxylation sites is 1. The highest BCUT2D eigenvalue weighted by Gasteiger charge is 2.18. The number of amides is 1. The molecule has 0 atom stereocenters. The van der Waals surface area contributed by atoms with Gasteiger partial charge in [-0.25, -0.2) is 4.79 Å². The third kappa shape index (κ3) is 5.99. The standard InChI is InChI=1S/C25H19BrN2O5/c1-31-20-10-8-17(9-11-20)25(30)33-23-21(26)13-16(14-22(23)32-2)12-18(15-27)24(29)28-19-6-4-3-5-7-19/h3-14H,1-2H3,(H,28,29)/b18-12+. The molecule has 0 saturated carbocycles. The lowest BCUT2D eigenvalue weighted by atomic mass is 10.1. The molecule has 0 aliphatic carbocycles. The van der Waals surface area contributed by atoms with Gasteiger partial charge >= 0.3 is 5.97 Å². The number of halogens is 1. The van der Waals surface area contributed by atoms with E-state index in [1.165, 1.54) is 20.3 Å². The molecule has 166 valence electrons. The number of methoxy groups -OCH3 is 2. The maximum absolute atomic E-state index is 12.6. The molecule has 0 spiro atoms. The number of carbonyl (C=O) groups excluding carboxylic acids is 2. The van der Waals surface area contributed by atoms with E-state index >= 15 is 0 Å². The van der Waals surface area contributed by atoms with Crippen LogP contribution in [-0.4, -0.2) is 26.1 Å². The molecule has 3 aromatic rings. The number of esters is 1. The van der Waals surface area contributed by atoms with Crippen LogP contribution in [0.2, 0.25) is 0 Å². The highest BCUT2D eigenvalue weighted by atomic mass is 79.9. The van der Waals surface area contributed by atoms with Crippen molar-refractivity contribution in [2.24, 2.45) is 0 Å². The van der Waals surface area contributed by atoms with Gasteiger partial charge in [0.25, 0.3) is 5.91 Å². The van der Waals surface area contributed by atoms with Gasteiger partial charge in [-0.15, -0.1) is 0 Å². The first-order valence-electron chi connectivity index (χ1n) is 9.67. The van der Waals surface area contributed by atoms with Gasteiger partial charge in [-0.2, -0.15) is 5.26 Å². The monoisotopic (exact) mass is 506 g/mol. The molecule has 1 N–H and O–H groups in total. The van der Waals surface area contributed by atoms with Gasteiger partial charge in [0.15, 0.2) is 11.5 Å². The molecule has 3 rings (SSSR count). The Hall–Kier alpha value is -4.09. The topological polar surface area (TPSA) is 97.7 Å². The van der Waals surface area contributed by atoms with Gasteiger partial charge in [-0.1, -0.05) is 18.2 Å². The average Bonchev–Trinajstić information content (AvgIpc) is 2.84. The summed E-state index contributed by atoms with van der Waals surface area (Å²) in [5, 5.41) is 12.1. The number of nitriles is 1. The van der Waals surface area contributed by atoms with Gasteiger partial charge in [-0.05, 0) is 76.1 Å². The van der Waals surface area contributed by atoms with Gasteiger partial charge in [-0.3, -0.25) is 4.79 Å². The van der Waals surface area contributed by atoms with Crippen LogP contribution in [0.5, 0.6) is 17.2 Å². The molecule has 0 aliphatic rings. The minimum Gasteiger partial charge on any atom is -0.497 e. The molecule has 33 heavy (non-hydrogen) atoms. The van der Waals surface area contributed by atoms with Crippen LogP contribution in [0.15, 0.2) is 76.8 Å². The van der Waals surface area contributed by atoms with Crippen molar-refractivity contribution in [3.8, 4) is 23.3 Å². The van der Waals surface area contributed by atoms with Gasteiger partial charge in [0.05, 0.1) is 24.3 Å². The van der Waals surface area contributed by atoms with Crippen LogP contribution >= 0.6 is 15.9 Å². The van der Waals surface area contributed by atoms with Crippen molar-refractivity contribution in [1.29, 1.82) is 5.26 Å². The lowest BCUT2D eigenvalue weighted by molar-refractivity contribution is -0.112. The molecule has 1 amide bonds. The molecule has 0 aromatic heterocycles. The number of benzene rings is 3. The minimum absolute atomic E-state index is 0.101.